The minimum absolute atomic E-state index is 0.0459. The van der Waals surface area contributed by atoms with Crippen molar-refractivity contribution in [3.05, 3.63) is 107 Å². The second kappa shape index (κ2) is 9.55. The molecule has 2 aromatic heterocycles. The Kier molecular flexibility index (Phi) is 6.31. The molecule has 2 atom stereocenters. The average molecular weight is 483 g/mol. The molecule has 6 heteroatoms. The van der Waals surface area contributed by atoms with Gasteiger partial charge in [-0.3, -0.25) is 4.98 Å². The SMILES string of the molecule is CCc1ccc(N2C(=S)NC(c3ccccn3)C2c2cc(C)n(-c3cccc(OC)c3)c2C)cc1. The highest BCUT2D eigenvalue weighted by Gasteiger charge is 2.42. The number of aromatic nitrogens is 2. The van der Waals surface area contributed by atoms with Gasteiger partial charge in [0.15, 0.2) is 5.11 Å². The van der Waals surface area contributed by atoms with Gasteiger partial charge in [0.05, 0.1) is 24.9 Å². The van der Waals surface area contributed by atoms with Crippen molar-refractivity contribution in [1.82, 2.24) is 14.9 Å². The molecule has 4 aromatic rings. The molecular formula is C29H30N4OS. The molecule has 0 spiro atoms. The number of anilines is 1. The summed E-state index contributed by atoms with van der Waals surface area (Å²) in [5, 5.41) is 4.28. The Morgan fingerprint density at radius 2 is 1.77 bits per heavy atom. The summed E-state index contributed by atoms with van der Waals surface area (Å²) in [5.41, 5.74) is 7.97. The summed E-state index contributed by atoms with van der Waals surface area (Å²) in [6, 6.07) is 25.1. The van der Waals surface area contributed by atoms with Gasteiger partial charge in [0.1, 0.15) is 5.75 Å². The average Bonchev–Trinajstić information content (AvgIpc) is 3.39. The lowest BCUT2D eigenvalue weighted by Gasteiger charge is -2.28. The quantitative estimate of drug-likeness (QED) is 0.330. The van der Waals surface area contributed by atoms with Crippen molar-refractivity contribution in [2.24, 2.45) is 0 Å². The van der Waals surface area contributed by atoms with Gasteiger partial charge in [-0.05, 0) is 86.1 Å². The molecule has 0 amide bonds. The van der Waals surface area contributed by atoms with Crippen LogP contribution in [0.15, 0.2) is 79.0 Å². The zero-order chi connectivity index (χ0) is 24.5. The Morgan fingerprint density at radius 3 is 2.46 bits per heavy atom. The van der Waals surface area contributed by atoms with Gasteiger partial charge in [-0.1, -0.05) is 31.2 Å². The first-order valence-electron chi connectivity index (χ1n) is 11.9. The molecule has 1 aliphatic heterocycles. The van der Waals surface area contributed by atoms with Gasteiger partial charge in [-0.2, -0.15) is 0 Å². The van der Waals surface area contributed by atoms with Crippen LogP contribution in [0, 0.1) is 13.8 Å². The van der Waals surface area contributed by atoms with Crippen molar-refractivity contribution in [1.29, 1.82) is 0 Å². The molecule has 1 saturated heterocycles. The monoisotopic (exact) mass is 482 g/mol. The maximum absolute atomic E-state index is 5.91. The first-order chi connectivity index (χ1) is 17.0. The normalized spacial score (nSPS) is 17.5. The molecule has 1 N–H and O–H groups in total. The number of hydrogen-bond acceptors (Lipinski definition) is 3. The highest BCUT2D eigenvalue weighted by atomic mass is 32.1. The van der Waals surface area contributed by atoms with E-state index < -0.39 is 0 Å². The van der Waals surface area contributed by atoms with Crippen LogP contribution in [0.4, 0.5) is 5.69 Å². The number of benzene rings is 2. The van der Waals surface area contributed by atoms with E-state index in [9.17, 15) is 0 Å². The molecule has 2 aromatic carbocycles. The van der Waals surface area contributed by atoms with Crippen molar-refractivity contribution in [2.75, 3.05) is 12.0 Å². The van der Waals surface area contributed by atoms with E-state index >= 15 is 0 Å². The lowest BCUT2D eigenvalue weighted by molar-refractivity contribution is 0.414. The first-order valence-corrected chi connectivity index (χ1v) is 12.4. The summed E-state index contributed by atoms with van der Waals surface area (Å²) in [6.07, 6.45) is 2.85. The van der Waals surface area contributed by atoms with Gasteiger partial charge in [0.25, 0.3) is 0 Å². The van der Waals surface area contributed by atoms with Gasteiger partial charge >= 0.3 is 0 Å². The van der Waals surface area contributed by atoms with Crippen LogP contribution in [-0.4, -0.2) is 21.8 Å². The van der Waals surface area contributed by atoms with Crippen LogP contribution in [0.25, 0.3) is 5.69 Å². The van der Waals surface area contributed by atoms with Crippen LogP contribution in [0.3, 0.4) is 0 Å². The molecule has 5 rings (SSSR count). The number of nitrogens with one attached hydrogen (secondary N) is 1. The summed E-state index contributed by atoms with van der Waals surface area (Å²) in [7, 11) is 1.70. The molecule has 35 heavy (non-hydrogen) atoms. The topological polar surface area (TPSA) is 42.3 Å². The van der Waals surface area contributed by atoms with Gasteiger partial charge in [-0.15, -0.1) is 0 Å². The minimum Gasteiger partial charge on any atom is -0.497 e. The first kappa shape index (κ1) is 23.1. The minimum atomic E-state index is -0.0752. The maximum atomic E-state index is 5.91. The number of rotatable bonds is 6. The van der Waals surface area contributed by atoms with Gasteiger partial charge in [0.2, 0.25) is 0 Å². The molecule has 0 bridgehead atoms. The molecule has 0 saturated carbocycles. The molecule has 1 fully saturated rings. The molecule has 5 nitrogen and oxygen atoms in total. The lowest BCUT2D eigenvalue weighted by atomic mass is 9.96. The lowest BCUT2D eigenvalue weighted by Crippen LogP contribution is -2.29. The number of thiocarbonyl (C=S) groups is 1. The van der Waals surface area contributed by atoms with Crippen LogP contribution in [-0.2, 0) is 6.42 Å². The molecule has 2 unspecified atom stereocenters. The summed E-state index contributed by atoms with van der Waals surface area (Å²) < 4.78 is 7.77. The molecule has 1 aliphatic rings. The standard InChI is InChI=1S/C29H30N4OS/c1-5-21-12-14-22(15-13-21)33-28(27(31-29(33)35)26-11-6-7-16-30-26)25-17-19(2)32(20(25)3)23-9-8-10-24(18-23)34-4/h6-18,27-28H,5H2,1-4H3,(H,31,35). The second-order valence-electron chi connectivity index (χ2n) is 8.88. The third-order valence-corrected chi connectivity index (χ3v) is 7.14. The molecular weight excluding hydrogens is 452 g/mol. The molecule has 3 heterocycles. The highest BCUT2D eigenvalue weighted by Crippen LogP contribution is 2.43. The Bertz CT molecular complexity index is 1350. The van der Waals surface area contributed by atoms with Crippen LogP contribution in [0.5, 0.6) is 5.75 Å². The largest absolute Gasteiger partial charge is 0.497 e. The van der Waals surface area contributed by atoms with Crippen LogP contribution in [0.1, 0.15) is 47.2 Å². The smallest absolute Gasteiger partial charge is 0.174 e. The number of methoxy groups -OCH3 is 1. The third kappa shape index (κ3) is 4.19. The molecule has 0 aliphatic carbocycles. The van der Waals surface area contributed by atoms with E-state index in [2.05, 4.69) is 84.1 Å². The number of nitrogens with zero attached hydrogens (tertiary/aromatic N) is 3. The zero-order valence-corrected chi connectivity index (χ0v) is 21.3. The Hall–Kier alpha value is -3.64. The number of pyridine rings is 1. The van der Waals surface area contributed by atoms with Gasteiger partial charge < -0.3 is 19.5 Å². The fraction of sp³-hybridized carbons (Fsp3) is 0.241. The molecule has 178 valence electrons. The van der Waals surface area contributed by atoms with E-state index in [1.165, 1.54) is 16.8 Å². The summed E-state index contributed by atoms with van der Waals surface area (Å²) >= 11 is 5.91. The predicted octanol–water partition coefficient (Wildman–Crippen LogP) is 6.24. The van der Waals surface area contributed by atoms with E-state index in [4.69, 9.17) is 21.9 Å². The van der Waals surface area contributed by atoms with Gasteiger partial charge in [-0.25, -0.2) is 0 Å². The van der Waals surface area contributed by atoms with E-state index in [1.54, 1.807) is 7.11 Å². The Balaban J connectivity index is 1.66. The van der Waals surface area contributed by atoms with Crippen LogP contribution in [0.2, 0.25) is 0 Å². The fourth-order valence-corrected chi connectivity index (χ4v) is 5.42. The number of ether oxygens (including phenoxy) is 1. The summed E-state index contributed by atoms with van der Waals surface area (Å²) in [4.78, 5) is 6.94. The van der Waals surface area contributed by atoms with Crippen LogP contribution < -0.4 is 15.0 Å². The number of hydrogen-bond donors (Lipinski definition) is 1. The summed E-state index contributed by atoms with van der Waals surface area (Å²) in [6.45, 7) is 6.49. The van der Waals surface area contributed by atoms with Crippen molar-refractivity contribution in [2.45, 2.75) is 39.3 Å². The van der Waals surface area contributed by atoms with Crippen molar-refractivity contribution in [3.8, 4) is 11.4 Å². The zero-order valence-electron chi connectivity index (χ0n) is 20.5. The highest BCUT2D eigenvalue weighted by molar-refractivity contribution is 7.80. The van der Waals surface area contributed by atoms with Gasteiger partial charge in [0, 0.05) is 35.0 Å². The van der Waals surface area contributed by atoms with E-state index in [-0.39, 0.29) is 12.1 Å². The van der Waals surface area contributed by atoms with Crippen LogP contribution >= 0.6 is 12.2 Å². The number of aryl methyl sites for hydroxylation is 2. The molecule has 0 radical (unpaired) electrons. The second-order valence-corrected chi connectivity index (χ2v) is 9.27. The Labute approximate surface area is 212 Å². The Morgan fingerprint density at radius 1 is 0.971 bits per heavy atom. The van der Waals surface area contributed by atoms with Crippen molar-refractivity contribution >= 4 is 23.0 Å². The van der Waals surface area contributed by atoms with Crippen molar-refractivity contribution in [3.63, 3.8) is 0 Å². The van der Waals surface area contributed by atoms with E-state index in [0.717, 1.165) is 34.9 Å². The van der Waals surface area contributed by atoms with Crippen molar-refractivity contribution < 1.29 is 4.74 Å². The third-order valence-electron chi connectivity index (χ3n) is 6.82. The summed E-state index contributed by atoms with van der Waals surface area (Å²) in [5.74, 6) is 0.837. The van der Waals surface area contributed by atoms with E-state index in [0.29, 0.717) is 5.11 Å². The fourth-order valence-electron chi connectivity index (χ4n) is 5.08. The van der Waals surface area contributed by atoms with E-state index in [1.807, 2.05) is 30.5 Å². The maximum Gasteiger partial charge on any atom is 0.174 e. The predicted molar refractivity (Wildman–Crippen MR) is 146 cm³/mol.